The predicted octanol–water partition coefficient (Wildman–Crippen LogP) is 3.37. The highest BCUT2D eigenvalue weighted by molar-refractivity contribution is 5.19. The number of benzene rings is 1. The van der Waals surface area contributed by atoms with Gasteiger partial charge in [-0.2, -0.15) is 0 Å². The molecule has 2 heteroatoms. The Balaban J connectivity index is 1.99. The van der Waals surface area contributed by atoms with Crippen molar-refractivity contribution >= 4 is 0 Å². The van der Waals surface area contributed by atoms with Crippen LogP contribution in [-0.4, -0.2) is 11.5 Å². The minimum atomic E-state index is 0.435. The highest BCUT2D eigenvalue weighted by Gasteiger charge is 2.09. The Bertz CT molecular complexity index is 439. The van der Waals surface area contributed by atoms with Gasteiger partial charge in [0, 0.05) is 18.4 Å². The van der Waals surface area contributed by atoms with Crippen LogP contribution in [0.3, 0.4) is 0 Å². The quantitative estimate of drug-likeness (QED) is 0.837. The van der Waals surface area contributed by atoms with Crippen molar-refractivity contribution in [1.82, 2.24) is 10.3 Å². The fourth-order valence-corrected chi connectivity index (χ4v) is 2.18. The summed E-state index contributed by atoms with van der Waals surface area (Å²) >= 11 is 0. The van der Waals surface area contributed by atoms with Crippen LogP contribution in [-0.2, 0) is 6.42 Å². The molecule has 1 aromatic carbocycles. The van der Waals surface area contributed by atoms with E-state index in [-0.39, 0.29) is 0 Å². The van der Waals surface area contributed by atoms with Gasteiger partial charge in [-0.15, -0.1) is 0 Å². The second-order valence-corrected chi connectivity index (χ2v) is 4.42. The van der Waals surface area contributed by atoms with Crippen molar-refractivity contribution in [3.8, 4) is 0 Å². The largest absolute Gasteiger partial charge is 0.310 e. The zero-order valence-corrected chi connectivity index (χ0v) is 10.8. The Morgan fingerprint density at radius 2 is 1.78 bits per heavy atom. The third-order valence-electron chi connectivity index (χ3n) is 3.12. The summed E-state index contributed by atoms with van der Waals surface area (Å²) in [5.41, 5.74) is 2.72. The molecule has 0 aliphatic heterocycles. The Labute approximate surface area is 109 Å². The first kappa shape index (κ1) is 12.8. The van der Waals surface area contributed by atoms with Crippen LogP contribution in [0.1, 0.15) is 30.5 Å². The molecule has 0 bridgehead atoms. The lowest BCUT2D eigenvalue weighted by Gasteiger charge is -2.18. The van der Waals surface area contributed by atoms with E-state index in [1.54, 1.807) is 0 Å². The van der Waals surface area contributed by atoms with Gasteiger partial charge in [-0.25, -0.2) is 0 Å². The Morgan fingerprint density at radius 3 is 2.44 bits per heavy atom. The molecule has 1 aromatic heterocycles. The predicted molar refractivity (Wildman–Crippen MR) is 75.4 cm³/mol. The van der Waals surface area contributed by atoms with Crippen molar-refractivity contribution in [2.45, 2.75) is 25.8 Å². The van der Waals surface area contributed by atoms with Crippen LogP contribution in [0.5, 0.6) is 0 Å². The Hall–Kier alpha value is -1.67. The molecule has 0 amide bonds. The van der Waals surface area contributed by atoms with E-state index in [0.29, 0.717) is 6.04 Å². The van der Waals surface area contributed by atoms with E-state index in [1.807, 2.05) is 12.4 Å². The monoisotopic (exact) mass is 240 g/mol. The summed E-state index contributed by atoms with van der Waals surface area (Å²) in [6.45, 7) is 3.15. The summed E-state index contributed by atoms with van der Waals surface area (Å²) in [6, 6.07) is 15.3. The summed E-state index contributed by atoms with van der Waals surface area (Å²) in [5.74, 6) is 0. The standard InChI is InChI=1S/C16H20N2/c1-2-18-16(15-6-4-3-5-7-15)9-8-14-10-12-17-13-11-14/h3-7,10-13,16,18H,2,8-9H2,1H3. The molecular formula is C16H20N2. The first-order chi connectivity index (χ1) is 8.90. The maximum atomic E-state index is 4.05. The van der Waals surface area contributed by atoms with Crippen LogP contribution in [0.15, 0.2) is 54.9 Å². The molecule has 0 aliphatic carbocycles. The van der Waals surface area contributed by atoms with Crippen LogP contribution in [0.25, 0.3) is 0 Å². The highest BCUT2D eigenvalue weighted by atomic mass is 14.9. The summed E-state index contributed by atoms with van der Waals surface area (Å²) in [7, 11) is 0. The van der Waals surface area contributed by atoms with Gasteiger partial charge in [0.15, 0.2) is 0 Å². The molecule has 1 atom stereocenters. The number of hydrogen-bond acceptors (Lipinski definition) is 2. The topological polar surface area (TPSA) is 24.9 Å². The average molecular weight is 240 g/mol. The molecule has 94 valence electrons. The molecule has 0 radical (unpaired) electrons. The molecule has 1 unspecified atom stereocenters. The van der Waals surface area contributed by atoms with Gasteiger partial charge in [0.05, 0.1) is 0 Å². The summed E-state index contributed by atoms with van der Waals surface area (Å²) < 4.78 is 0. The first-order valence-corrected chi connectivity index (χ1v) is 6.57. The van der Waals surface area contributed by atoms with E-state index in [1.165, 1.54) is 11.1 Å². The summed E-state index contributed by atoms with van der Waals surface area (Å²) in [4.78, 5) is 4.05. The highest BCUT2D eigenvalue weighted by Crippen LogP contribution is 2.18. The normalized spacial score (nSPS) is 12.3. The van der Waals surface area contributed by atoms with Gasteiger partial charge in [0.25, 0.3) is 0 Å². The molecule has 0 aliphatic rings. The minimum Gasteiger partial charge on any atom is -0.310 e. The van der Waals surface area contributed by atoms with Gasteiger partial charge in [0.2, 0.25) is 0 Å². The number of rotatable bonds is 6. The number of aryl methyl sites for hydroxylation is 1. The lowest BCUT2D eigenvalue weighted by atomic mass is 9.99. The molecular weight excluding hydrogens is 220 g/mol. The fourth-order valence-electron chi connectivity index (χ4n) is 2.18. The van der Waals surface area contributed by atoms with Crippen LogP contribution >= 0.6 is 0 Å². The molecule has 1 heterocycles. The first-order valence-electron chi connectivity index (χ1n) is 6.57. The van der Waals surface area contributed by atoms with Gasteiger partial charge < -0.3 is 5.32 Å². The van der Waals surface area contributed by atoms with Gasteiger partial charge in [-0.05, 0) is 42.6 Å². The Kier molecular flexibility index (Phi) is 4.91. The van der Waals surface area contributed by atoms with Crippen molar-refractivity contribution in [1.29, 1.82) is 0 Å². The van der Waals surface area contributed by atoms with E-state index >= 15 is 0 Å². The maximum absolute atomic E-state index is 4.05. The maximum Gasteiger partial charge on any atom is 0.0323 e. The minimum absolute atomic E-state index is 0.435. The molecule has 2 nitrogen and oxygen atoms in total. The van der Waals surface area contributed by atoms with Crippen LogP contribution in [0.4, 0.5) is 0 Å². The number of hydrogen-bond donors (Lipinski definition) is 1. The van der Waals surface area contributed by atoms with Gasteiger partial charge in [-0.1, -0.05) is 37.3 Å². The molecule has 2 rings (SSSR count). The number of pyridine rings is 1. The van der Waals surface area contributed by atoms with E-state index in [9.17, 15) is 0 Å². The molecule has 0 saturated heterocycles. The third-order valence-corrected chi connectivity index (χ3v) is 3.12. The third kappa shape index (κ3) is 3.67. The smallest absolute Gasteiger partial charge is 0.0323 e. The second kappa shape index (κ2) is 6.92. The SMILES string of the molecule is CCNC(CCc1ccncc1)c1ccccc1. The zero-order valence-electron chi connectivity index (χ0n) is 10.8. The molecule has 0 spiro atoms. The zero-order chi connectivity index (χ0) is 12.6. The van der Waals surface area contributed by atoms with E-state index < -0.39 is 0 Å². The summed E-state index contributed by atoms with van der Waals surface area (Å²) in [5, 5.41) is 3.55. The van der Waals surface area contributed by atoms with Crippen molar-refractivity contribution < 1.29 is 0 Å². The number of nitrogens with zero attached hydrogens (tertiary/aromatic N) is 1. The van der Waals surface area contributed by atoms with Crippen LogP contribution < -0.4 is 5.32 Å². The lowest BCUT2D eigenvalue weighted by Crippen LogP contribution is -2.21. The number of nitrogens with one attached hydrogen (secondary N) is 1. The van der Waals surface area contributed by atoms with Crippen LogP contribution in [0.2, 0.25) is 0 Å². The molecule has 2 aromatic rings. The van der Waals surface area contributed by atoms with Crippen molar-refractivity contribution in [2.24, 2.45) is 0 Å². The Morgan fingerprint density at radius 1 is 1.06 bits per heavy atom. The van der Waals surface area contributed by atoms with E-state index in [0.717, 1.165) is 19.4 Å². The fraction of sp³-hybridized carbons (Fsp3) is 0.312. The molecule has 0 fully saturated rings. The van der Waals surface area contributed by atoms with E-state index in [4.69, 9.17) is 0 Å². The average Bonchev–Trinajstić information content (AvgIpc) is 2.45. The summed E-state index contributed by atoms with van der Waals surface area (Å²) in [6.07, 6.45) is 5.91. The van der Waals surface area contributed by atoms with Gasteiger partial charge in [0.1, 0.15) is 0 Å². The van der Waals surface area contributed by atoms with Crippen LogP contribution in [0, 0.1) is 0 Å². The lowest BCUT2D eigenvalue weighted by molar-refractivity contribution is 0.515. The van der Waals surface area contributed by atoms with Crippen molar-refractivity contribution in [3.63, 3.8) is 0 Å². The van der Waals surface area contributed by atoms with Crippen molar-refractivity contribution in [3.05, 3.63) is 66.0 Å². The second-order valence-electron chi connectivity index (χ2n) is 4.42. The van der Waals surface area contributed by atoms with E-state index in [2.05, 4.69) is 59.7 Å². The van der Waals surface area contributed by atoms with Crippen molar-refractivity contribution in [2.75, 3.05) is 6.54 Å². The molecule has 18 heavy (non-hydrogen) atoms. The molecule has 1 N–H and O–H groups in total. The molecule has 0 saturated carbocycles. The van der Waals surface area contributed by atoms with Gasteiger partial charge >= 0.3 is 0 Å². The van der Waals surface area contributed by atoms with Gasteiger partial charge in [-0.3, -0.25) is 4.98 Å². The number of aromatic nitrogens is 1.